The van der Waals surface area contributed by atoms with Gasteiger partial charge in [0.05, 0.1) is 0 Å². The molecule has 0 aliphatic rings. The van der Waals surface area contributed by atoms with Crippen LogP contribution >= 0.6 is 0 Å². The van der Waals surface area contributed by atoms with Gasteiger partial charge in [-0.3, -0.25) is 4.79 Å². The highest BCUT2D eigenvalue weighted by Crippen LogP contribution is 1.92. The van der Waals surface area contributed by atoms with Crippen molar-refractivity contribution in [1.29, 1.82) is 0 Å². The van der Waals surface area contributed by atoms with E-state index in [1.165, 1.54) is 0 Å². The molecule has 1 aromatic rings. The second kappa shape index (κ2) is 7.19. The van der Waals surface area contributed by atoms with Crippen LogP contribution in [0.3, 0.4) is 0 Å². The summed E-state index contributed by atoms with van der Waals surface area (Å²) in [7, 11) is 0. The summed E-state index contributed by atoms with van der Waals surface area (Å²) in [5.41, 5.74) is 0.0423. The van der Waals surface area contributed by atoms with Crippen LogP contribution in [0.1, 0.15) is 13.3 Å². The van der Waals surface area contributed by atoms with E-state index in [2.05, 4.69) is 11.8 Å². The second-order valence-electron chi connectivity index (χ2n) is 3.74. The van der Waals surface area contributed by atoms with Gasteiger partial charge in [0.2, 0.25) is 0 Å². The van der Waals surface area contributed by atoms with Crippen molar-refractivity contribution in [2.45, 2.75) is 19.9 Å². The third-order valence-corrected chi connectivity index (χ3v) is 2.64. The third-order valence-electron chi connectivity index (χ3n) is 2.64. The number of aromatic nitrogens is 1. The Hall–Kier alpha value is -1.13. The third kappa shape index (κ3) is 4.16. The zero-order valence-electron chi connectivity index (χ0n) is 9.80. The van der Waals surface area contributed by atoms with Crippen molar-refractivity contribution < 1.29 is 5.11 Å². The van der Waals surface area contributed by atoms with Gasteiger partial charge < -0.3 is 14.6 Å². The van der Waals surface area contributed by atoms with Crippen LogP contribution in [0.5, 0.6) is 0 Å². The maximum absolute atomic E-state index is 11.4. The van der Waals surface area contributed by atoms with Crippen LogP contribution in [0.15, 0.2) is 29.2 Å². The number of hydrogen-bond acceptors (Lipinski definition) is 3. The number of likely N-dealkylation sites (N-methyl/N-ethyl adjacent to an activating group) is 1. The predicted octanol–water partition coefficient (Wildman–Crippen LogP) is 0.553. The van der Waals surface area contributed by atoms with E-state index >= 15 is 0 Å². The molecule has 0 saturated heterocycles. The highest BCUT2D eigenvalue weighted by molar-refractivity contribution is 4.93. The van der Waals surface area contributed by atoms with Gasteiger partial charge in [-0.15, -0.1) is 0 Å². The minimum Gasteiger partial charge on any atom is -0.396 e. The molecule has 0 radical (unpaired) electrons. The molecule has 16 heavy (non-hydrogen) atoms. The fourth-order valence-electron chi connectivity index (χ4n) is 1.62. The maximum atomic E-state index is 11.4. The van der Waals surface area contributed by atoms with Crippen LogP contribution in [0, 0.1) is 0 Å². The van der Waals surface area contributed by atoms with Gasteiger partial charge in [-0.2, -0.15) is 0 Å². The topological polar surface area (TPSA) is 45.5 Å². The zero-order chi connectivity index (χ0) is 11.8. The summed E-state index contributed by atoms with van der Waals surface area (Å²) in [6.07, 6.45) is 2.60. The largest absolute Gasteiger partial charge is 0.396 e. The first-order valence-corrected chi connectivity index (χ1v) is 5.76. The Labute approximate surface area is 96.1 Å². The van der Waals surface area contributed by atoms with Crippen LogP contribution in [0.4, 0.5) is 0 Å². The van der Waals surface area contributed by atoms with Crippen molar-refractivity contribution in [2.24, 2.45) is 0 Å². The quantitative estimate of drug-likeness (QED) is 0.736. The number of rotatable bonds is 7. The van der Waals surface area contributed by atoms with E-state index in [0.29, 0.717) is 6.54 Å². The molecule has 0 unspecified atom stereocenters. The molecule has 1 aromatic heterocycles. The Kier molecular flexibility index (Phi) is 5.82. The SMILES string of the molecule is CCN(CCCO)CCn1ccccc1=O. The Bertz CT molecular complexity index is 349. The van der Waals surface area contributed by atoms with Crippen molar-refractivity contribution in [3.63, 3.8) is 0 Å². The summed E-state index contributed by atoms with van der Waals surface area (Å²) in [6.45, 7) is 5.70. The predicted molar refractivity (Wildman–Crippen MR) is 64.5 cm³/mol. The van der Waals surface area contributed by atoms with Gasteiger partial charge in [-0.05, 0) is 19.0 Å². The van der Waals surface area contributed by atoms with Crippen LogP contribution < -0.4 is 5.56 Å². The average molecular weight is 224 g/mol. The first-order chi connectivity index (χ1) is 7.77. The number of hydrogen-bond donors (Lipinski definition) is 1. The van der Waals surface area contributed by atoms with Crippen LogP contribution in [0.25, 0.3) is 0 Å². The van der Waals surface area contributed by atoms with Crippen molar-refractivity contribution in [3.8, 4) is 0 Å². The summed E-state index contributed by atoms with van der Waals surface area (Å²) in [6, 6.07) is 5.19. The molecule has 0 atom stereocenters. The smallest absolute Gasteiger partial charge is 0.250 e. The van der Waals surface area contributed by atoms with E-state index in [-0.39, 0.29) is 12.2 Å². The molecule has 0 aromatic carbocycles. The van der Waals surface area contributed by atoms with E-state index in [1.54, 1.807) is 16.7 Å². The van der Waals surface area contributed by atoms with Crippen molar-refractivity contribution in [1.82, 2.24) is 9.47 Å². The zero-order valence-corrected chi connectivity index (χ0v) is 9.80. The Balaban J connectivity index is 2.43. The second-order valence-corrected chi connectivity index (χ2v) is 3.74. The molecule has 4 nitrogen and oxygen atoms in total. The molecule has 0 saturated carbocycles. The van der Waals surface area contributed by atoms with Gasteiger partial charge >= 0.3 is 0 Å². The van der Waals surface area contributed by atoms with Gasteiger partial charge in [0.15, 0.2) is 0 Å². The standard InChI is InChI=1S/C12H20N2O2/c1-2-13(7-5-11-15)9-10-14-8-4-3-6-12(14)16/h3-4,6,8,15H,2,5,7,9-11H2,1H3. The number of aliphatic hydroxyl groups is 1. The lowest BCUT2D eigenvalue weighted by molar-refractivity contribution is 0.224. The molecule has 0 aliphatic heterocycles. The highest BCUT2D eigenvalue weighted by atomic mass is 16.3. The molecule has 0 bridgehead atoms. The minimum absolute atomic E-state index is 0.0423. The highest BCUT2D eigenvalue weighted by Gasteiger charge is 2.02. The molecule has 1 N–H and O–H groups in total. The Morgan fingerprint density at radius 2 is 2.19 bits per heavy atom. The Morgan fingerprint density at radius 1 is 1.38 bits per heavy atom. The van der Waals surface area contributed by atoms with Gasteiger partial charge in [0.1, 0.15) is 0 Å². The fourth-order valence-corrected chi connectivity index (χ4v) is 1.62. The number of pyridine rings is 1. The summed E-state index contributed by atoms with van der Waals surface area (Å²) >= 11 is 0. The minimum atomic E-state index is 0.0423. The monoisotopic (exact) mass is 224 g/mol. The first kappa shape index (κ1) is 12.9. The molecular formula is C12H20N2O2. The molecule has 0 spiro atoms. The molecule has 90 valence electrons. The molecular weight excluding hydrogens is 204 g/mol. The van der Waals surface area contributed by atoms with Gasteiger partial charge in [0, 0.05) is 38.5 Å². The molecule has 0 fully saturated rings. The maximum Gasteiger partial charge on any atom is 0.250 e. The van der Waals surface area contributed by atoms with Crippen molar-refractivity contribution >= 4 is 0 Å². The summed E-state index contributed by atoms with van der Waals surface area (Å²) < 4.78 is 1.71. The average Bonchev–Trinajstić information content (AvgIpc) is 2.31. The van der Waals surface area contributed by atoms with Gasteiger partial charge in [-0.1, -0.05) is 13.0 Å². The molecule has 0 aliphatic carbocycles. The van der Waals surface area contributed by atoms with E-state index in [0.717, 1.165) is 26.1 Å². The van der Waals surface area contributed by atoms with Crippen molar-refractivity contribution in [2.75, 3.05) is 26.2 Å². The molecule has 1 heterocycles. The number of nitrogens with zero attached hydrogens (tertiary/aromatic N) is 2. The molecule has 4 heteroatoms. The summed E-state index contributed by atoms with van der Waals surface area (Å²) in [5, 5.41) is 8.76. The lowest BCUT2D eigenvalue weighted by atomic mass is 10.3. The van der Waals surface area contributed by atoms with E-state index in [1.807, 2.05) is 12.3 Å². The van der Waals surface area contributed by atoms with Gasteiger partial charge in [0.25, 0.3) is 5.56 Å². The van der Waals surface area contributed by atoms with Crippen LogP contribution in [0.2, 0.25) is 0 Å². The summed E-state index contributed by atoms with van der Waals surface area (Å²) in [4.78, 5) is 13.7. The van der Waals surface area contributed by atoms with E-state index < -0.39 is 0 Å². The first-order valence-electron chi connectivity index (χ1n) is 5.76. The van der Waals surface area contributed by atoms with Crippen molar-refractivity contribution in [3.05, 3.63) is 34.7 Å². The lowest BCUT2D eigenvalue weighted by Gasteiger charge is -2.20. The normalized spacial score (nSPS) is 10.9. The Morgan fingerprint density at radius 3 is 2.81 bits per heavy atom. The molecule has 1 rings (SSSR count). The van der Waals surface area contributed by atoms with E-state index in [4.69, 9.17) is 5.11 Å². The summed E-state index contributed by atoms with van der Waals surface area (Å²) in [5.74, 6) is 0. The lowest BCUT2D eigenvalue weighted by Crippen LogP contribution is -2.31. The fraction of sp³-hybridized carbons (Fsp3) is 0.583. The van der Waals surface area contributed by atoms with Crippen LogP contribution in [-0.2, 0) is 6.54 Å². The van der Waals surface area contributed by atoms with Crippen LogP contribution in [-0.4, -0.2) is 40.8 Å². The number of aliphatic hydroxyl groups excluding tert-OH is 1. The molecule has 0 amide bonds. The van der Waals surface area contributed by atoms with Gasteiger partial charge in [-0.25, -0.2) is 0 Å². The van der Waals surface area contributed by atoms with E-state index in [9.17, 15) is 4.79 Å².